The van der Waals surface area contributed by atoms with Gasteiger partial charge in [0, 0.05) is 24.7 Å². The van der Waals surface area contributed by atoms with E-state index in [9.17, 15) is 26.8 Å². The van der Waals surface area contributed by atoms with Crippen LogP contribution < -0.4 is 19.1 Å². The fraction of sp³-hybridized carbons (Fsp3) is 0.333. The number of benzene rings is 3. The molecule has 2 amide bonds. The molecule has 0 bridgehead atoms. The lowest BCUT2D eigenvalue weighted by atomic mass is 10.1. The van der Waals surface area contributed by atoms with Crippen LogP contribution in [0.2, 0.25) is 0 Å². The van der Waals surface area contributed by atoms with Gasteiger partial charge < -0.3 is 19.7 Å². The summed E-state index contributed by atoms with van der Waals surface area (Å²) in [5, 5.41) is 2.76. The molecule has 9 nitrogen and oxygen atoms in total. The fourth-order valence-electron chi connectivity index (χ4n) is 4.09. The Balaban J connectivity index is 2.06. The van der Waals surface area contributed by atoms with Gasteiger partial charge in [-0.05, 0) is 55.3 Å². The number of nitrogens with zero attached hydrogens (tertiary/aromatic N) is 2. The van der Waals surface area contributed by atoms with Crippen LogP contribution >= 0.6 is 0 Å². The van der Waals surface area contributed by atoms with Crippen molar-refractivity contribution in [2.45, 2.75) is 38.3 Å². The molecule has 1 atom stereocenters. The van der Waals surface area contributed by atoms with Crippen molar-refractivity contribution < 1.29 is 36.3 Å². The SMILES string of the molecule is COc1ccc(S(=O)(=O)N(CC(=O)N(Cc2ccccc2F)[C@H](C)C(=O)NCC(C)C)c2ccc(F)cc2)cc1OC. The van der Waals surface area contributed by atoms with Crippen LogP contribution in [0.5, 0.6) is 11.5 Å². The predicted molar refractivity (Wildman–Crippen MR) is 155 cm³/mol. The van der Waals surface area contributed by atoms with Gasteiger partial charge in [-0.25, -0.2) is 17.2 Å². The number of amides is 2. The summed E-state index contributed by atoms with van der Waals surface area (Å²) < 4.78 is 67.6. The molecule has 0 aliphatic rings. The molecule has 0 radical (unpaired) electrons. The topological polar surface area (TPSA) is 105 Å². The van der Waals surface area contributed by atoms with E-state index >= 15 is 0 Å². The third-order valence-corrected chi connectivity index (χ3v) is 8.26. The molecule has 3 rings (SSSR count). The summed E-state index contributed by atoms with van der Waals surface area (Å²) in [5.41, 5.74) is 0.146. The van der Waals surface area contributed by atoms with Crippen LogP contribution in [-0.2, 0) is 26.2 Å². The number of methoxy groups -OCH3 is 2. The van der Waals surface area contributed by atoms with Crippen LogP contribution in [0.1, 0.15) is 26.3 Å². The lowest BCUT2D eigenvalue weighted by Crippen LogP contribution is -2.51. The van der Waals surface area contributed by atoms with Crippen LogP contribution in [0.15, 0.2) is 71.6 Å². The molecule has 0 fully saturated rings. The minimum absolute atomic E-state index is 0.00212. The van der Waals surface area contributed by atoms with Gasteiger partial charge in [0.25, 0.3) is 10.0 Å². The summed E-state index contributed by atoms with van der Waals surface area (Å²) in [6.07, 6.45) is 0. The van der Waals surface area contributed by atoms with E-state index in [1.165, 1.54) is 69.7 Å². The van der Waals surface area contributed by atoms with Crippen molar-refractivity contribution in [3.8, 4) is 11.5 Å². The number of hydrogen-bond donors (Lipinski definition) is 1. The maximum Gasteiger partial charge on any atom is 0.264 e. The smallest absolute Gasteiger partial charge is 0.264 e. The van der Waals surface area contributed by atoms with Gasteiger partial charge in [-0.15, -0.1) is 0 Å². The number of ether oxygens (including phenoxy) is 2. The second-order valence-corrected chi connectivity index (χ2v) is 11.8. The number of carbonyl (C=O) groups is 2. The van der Waals surface area contributed by atoms with Crippen LogP contribution in [0, 0.1) is 17.6 Å². The van der Waals surface area contributed by atoms with Gasteiger partial charge in [-0.1, -0.05) is 32.0 Å². The largest absolute Gasteiger partial charge is 0.493 e. The number of halogens is 2. The Labute approximate surface area is 245 Å². The number of anilines is 1. The Morgan fingerprint density at radius 2 is 1.55 bits per heavy atom. The first-order valence-corrected chi connectivity index (χ1v) is 14.6. The Kier molecular flexibility index (Phi) is 10.9. The molecule has 0 saturated heterocycles. The number of hydrogen-bond acceptors (Lipinski definition) is 6. The normalized spacial score (nSPS) is 12.0. The molecule has 1 N–H and O–H groups in total. The second-order valence-electron chi connectivity index (χ2n) is 9.93. The van der Waals surface area contributed by atoms with Gasteiger partial charge in [0.1, 0.15) is 24.2 Å². The first-order valence-electron chi connectivity index (χ1n) is 13.2. The van der Waals surface area contributed by atoms with Crippen molar-refractivity contribution in [3.05, 3.63) is 83.9 Å². The van der Waals surface area contributed by atoms with E-state index in [4.69, 9.17) is 9.47 Å². The molecule has 0 unspecified atom stereocenters. The van der Waals surface area contributed by atoms with Gasteiger partial charge in [0.15, 0.2) is 11.5 Å². The molecule has 12 heteroatoms. The maximum absolute atomic E-state index is 14.6. The summed E-state index contributed by atoms with van der Waals surface area (Å²) in [6.45, 7) is 4.59. The Bertz CT molecular complexity index is 1500. The van der Waals surface area contributed by atoms with E-state index in [0.29, 0.717) is 6.54 Å². The maximum atomic E-state index is 14.6. The summed E-state index contributed by atoms with van der Waals surface area (Å²) in [5.74, 6) is -1.89. The molecule has 3 aromatic rings. The van der Waals surface area contributed by atoms with Crippen LogP contribution in [0.25, 0.3) is 0 Å². The standard InChI is InChI=1S/C30H35F2N3O6S/c1-20(2)17-33-30(37)21(3)34(18-22-8-6-7-9-26(22)32)29(36)19-35(24-12-10-23(31)11-13-24)42(38,39)25-14-15-27(40-4)28(16-25)41-5/h6-16,20-21H,17-19H2,1-5H3,(H,33,37)/t21-/m1/s1. The number of sulfonamides is 1. The first kappa shape index (κ1) is 32.3. The third-order valence-electron chi connectivity index (χ3n) is 6.49. The summed E-state index contributed by atoms with van der Waals surface area (Å²) in [6, 6.07) is 13.2. The van der Waals surface area contributed by atoms with Crippen LogP contribution in [0.3, 0.4) is 0 Å². The van der Waals surface area contributed by atoms with E-state index in [1.807, 2.05) is 13.8 Å². The Morgan fingerprint density at radius 1 is 0.905 bits per heavy atom. The highest BCUT2D eigenvalue weighted by molar-refractivity contribution is 7.92. The molecule has 226 valence electrons. The second kappa shape index (κ2) is 14.1. The Morgan fingerprint density at radius 3 is 2.14 bits per heavy atom. The molecule has 0 aliphatic carbocycles. The van der Waals surface area contributed by atoms with Crippen LogP contribution in [0.4, 0.5) is 14.5 Å². The average Bonchev–Trinajstić information content (AvgIpc) is 2.97. The zero-order valence-electron chi connectivity index (χ0n) is 24.1. The summed E-state index contributed by atoms with van der Waals surface area (Å²) in [7, 11) is -1.70. The molecule has 0 aliphatic heterocycles. The fourth-order valence-corrected chi connectivity index (χ4v) is 5.52. The summed E-state index contributed by atoms with van der Waals surface area (Å²) in [4.78, 5) is 27.8. The number of nitrogens with one attached hydrogen (secondary N) is 1. The molecule has 0 saturated carbocycles. The minimum Gasteiger partial charge on any atom is -0.493 e. The van der Waals surface area contributed by atoms with Crippen molar-refractivity contribution in [2.75, 3.05) is 31.6 Å². The van der Waals surface area contributed by atoms with Crippen molar-refractivity contribution in [1.29, 1.82) is 0 Å². The van der Waals surface area contributed by atoms with Crippen molar-refractivity contribution in [3.63, 3.8) is 0 Å². The van der Waals surface area contributed by atoms with Gasteiger partial charge >= 0.3 is 0 Å². The van der Waals surface area contributed by atoms with E-state index in [1.54, 1.807) is 6.07 Å². The predicted octanol–water partition coefficient (Wildman–Crippen LogP) is 4.37. The van der Waals surface area contributed by atoms with E-state index < -0.39 is 46.1 Å². The number of carbonyl (C=O) groups excluding carboxylic acids is 2. The molecule has 0 spiro atoms. The molecular weight excluding hydrogens is 568 g/mol. The lowest BCUT2D eigenvalue weighted by molar-refractivity contribution is -0.139. The van der Waals surface area contributed by atoms with E-state index in [0.717, 1.165) is 21.3 Å². The van der Waals surface area contributed by atoms with Crippen LogP contribution in [-0.4, -0.2) is 58.5 Å². The highest BCUT2D eigenvalue weighted by Crippen LogP contribution is 2.32. The quantitative estimate of drug-likeness (QED) is 0.311. The van der Waals surface area contributed by atoms with Gasteiger partial charge in [0.2, 0.25) is 11.8 Å². The van der Waals surface area contributed by atoms with Gasteiger partial charge in [0.05, 0.1) is 24.8 Å². The average molecular weight is 604 g/mol. The van der Waals surface area contributed by atoms with Crippen molar-refractivity contribution in [2.24, 2.45) is 5.92 Å². The van der Waals surface area contributed by atoms with Gasteiger partial charge in [-0.2, -0.15) is 0 Å². The monoisotopic (exact) mass is 603 g/mol. The highest BCUT2D eigenvalue weighted by Gasteiger charge is 2.33. The molecular formula is C30H35F2N3O6S. The third kappa shape index (κ3) is 7.75. The Hall–Kier alpha value is -4.19. The first-order chi connectivity index (χ1) is 19.9. The minimum atomic E-state index is -4.45. The highest BCUT2D eigenvalue weighted by atomic mass is 32.2. The zero-order chi connectivity index (χ0) is 31.0. The van der Waals surface area contributed by atoms with E-state index in [-0.39, 0.29) is 40.1 Å². The summed E-state index contributed by atoms with van der Waals surface area (Å²) >= 11 is 0. The number of rotatable bonds is 13. The molecule has 3 aromatic carbocycles. The van der Waals surface area contributed by atoms with Crippen molar-refractivity contribution >= 4 is 27.5 Å². The molecule has 0 heterocycles. The van der Waals surface area contributed by atoms with Gasteiger partial charge in [-0.3, -0.25) is 13.9 Å². The zero-order valence-corrected chi connectivity index (χ0v) is 25.0. The lowest BCUT2D eigenvalue weighted by Gasteiger charge is -2.32. The van der Waals surface area contributed by atoms with E-state index in [2.05, 4.69) is 5.32 Å². The van der Waals surface area contributed by atoms with Crippen molar-refractivity contribution in [1.82, 2.24) is 10.2 Å². The molecule has 0 aromatic heterocycles. The molecule has 42 heavy (non-hydrogen) atoms.